The van der Waals surface area contributed by atoms with Gasteiger partial charge >= 0.3 is 0 Å². The molecule has 0 amide bonds. The van der Waals surface area contributed by atoms with Gasteiger partial charge < -0.3 is 9.73 Å². The molecule has 0 bridgehead atoms. The van der Waals surface area contributed by atoms with Crippen molar-refractivity contribution < 1.29 is 4.42 Å². The van der Waals surface area contributed by atoms with E-state index >= 15 is 0 Å². The van der Waals surface area contributed by atoms with Crippen LogP contribution in [0.3, 0.4) is 0 Å². The minimum Gasteiger partial charge on any atom is -0.456 e. The smallest absolute Gasteiger partial charge is 0.164 e. The Morgan fingerprint density at radius 3 is 1.67 bits per heavy atom. The predicted molar refractivity (Wildman–Crippen MR) is 222 cm³/mol. The first-order chi connectivity index (χ1) is 27.2. The number of nitrogens with one attached hydrogen (secondary N) is 1. The molecule has 6 nitrogen and oxygen atoms in total. The predicted octanol–water partition coefficient (Wildman–Crippen LogP) is 11.6. The minimum atomic E-state index is -0.0808. The summed E-state index contributed by atoms with van der Waals surface area (Å²) < 4.78 is 6.24. The lowest BCUT2D eigenvalue weighted by molar-refractivity contribution is 0.669. The summed E-state index contributed by atoms with van der Waals surface area (Å²) in [6.45, 7) is 0. The second-order valence-corrected chi connectivity index (χ2v) is 13.6. The van der Waals surface area contributed by atoms with E-state index in [0.29, 0.717) is 17.5 Å². The van der Waals surface area contributed by atoms with E-state index in [-0.39, 0.29) is 6.04 Å². The van der Waals surface area contributed by atoms with Gasteiger partial charge in [-0.2, -0.15) is 0 Å². The van der Waals surface area contributed by atoms with Crippen LogP contribution in [0.2, 0.25) is 0 Å². The Kier molecular flexibility index (Phi) is 8.11. The molecule has 0 spiro atoms. The molecule has 1 N–H and O–H groups in total. The molecule has 9 aromatic rings. The van der Waals surface area contributed by atoms with E-state index in [2.05, 4.69) is 115 Å². The molecule has 260 valence electrons. The van der Waals surface area contributed by atoms with Gasteiger partial charge in [0.1, 0.15) is 17.0 Å². The molecule has 1 aliphatic heterocycles. The highest BCUT2D eigenvalue weighted by Gasteiger charge is 2.21. The van der Waals surface area contributed by atoms with Crippen LogP contribution in [0.15, 0.2) is 197 Å². The third kappa shape index (κ3) is 6.36. The standard InChI is InChI=1S/C49H33N5O/c1-4-13-32(14-5-1)33-23-25-35(26-24-33)43-31-42(34-15-6-2-7-16-34)50-47(51-43)37-19-12-20-38(29-37)48-52-46(36-17-8-3-9-18-36)53-49(54-48)39-27-28-41-40-21-10-11-22-44(40)55-45(41)30-39/h1-31,42H,(H,50,51). The van der Waals surface area contributed by atoms with Crippen LogP contribution in [0.25, 0.3) is 72.9 Å². The van der Waals surface area contributed by atoms with Gasteiger partial charge in [0, 0.05) is 33.0 Å². The van der Waals surface area contributed by atoms with Crippen LogP contribution in [-0.2, 0) is 0 Å². The first kappa shape index (κ1) is 32.2. The summed E-state index contributed by atoms with van der Waals surface area (Å²) in [4.78, 5) is 20.3. The van der Waals surface area contributed by atoms with E-state index < -0.39 is 0 Å². The van der Waals surface area contributed by atoms with Crippen LogP contribution >= 0.6 is 0 Å². The number of fused-ring (bicyclic) bond motifs is 3. The van der Waals surface area contributed by atoms with Crippen LogP contribution in [0.5, 0.6) is 0 Å². The molecular weight excluding hydrogens is 675 g/mol. The van der Waals surface area contributed by atoms with E-state index in [9.17, 15) is 0 Å². The van der Waals surface area contributed by atoms with Crippen LogP contribution in [0.4, 0.5) is 0 Å². The fourth-order valence-corrected chi connectivity index (χ4v) is 7.17. The number of aromatic nitrogens is 3. The molecule has 0 radical (unpaired) electrons. The Labute approximate surface area is 318 Å². The van der Waals surface area contributed by atoms with Gasteiger partial charge in [0.05, 0.1) is 11.7 Å². The number of hydrogen-bond donors (Lipinski definition) is 1. The van der Waals surface area contributed by atoms with Crippen molar-refractivity contribution >= 4 is 33.5 Å². The number of nitrogens with zero attached hydrogens (tertiary/aromatic N) is 4. The maximum Gasteiger partial charge on any atom is 0.164 e. The van der Waals surface area contributed by atoms with Gasteiger partial charge in [-0.25, -0.2) is 19.9 Å². The highest BCUT2D eigenvalue weighted by Crippen LogP contribution is 2.34. The first-order valence-electron chi connectivity index (χ1n) is 18.3. The van der Waals surface area contributed by atoms with E-state index in [1.807, 2.05) is 78.9 Å². The Morgan fingerprint density at radius 2 is 0.927 bits per heavy atom. The number of para-hydroxylation sites is 1. The molecule has 0 fully saturated rings. The fraction of sp³-hybridized carbons (Fsp3) is 0.0204. The lowest BCUT2D eigenvalue weighted by atomic mass is 9.98. The summed E-state index contributed by atoms with van der Waals surface area (Å²) >= 11 is 0. The summed E-state index contributed by atoms with van der Waals surface area (Å²) in [5.74, 6) is 2.50. The van der Waals surface area contributed by atoms with Crippen molar-refractivity contribution in [2.45, 2.75) is 6.04 Å². The van der Waals surface area contributed by atoms with E-state index in [4.69, 9.17) is 24.4 Å². The Balaban J connectivity index is 1.05. The quantitative estimate of drug-likeness (QED) is 0.178. The molecule has 55 heavy (non-hydrogen) atoms. The second kappa shape index (κ2) is 13.8. The van der Waals surface area contributed by atoms with Gasteiger partial charge in [0.25, 0.3) is 0 Å². The van der Waals surface area contributed by atoms with Crippen molar-refractivity contribution in [3.05, 3.63) is 205 Å². The highest BCUT2D eigenvalue weighted by molar-refractivity contribution is 6.06. The van der Waals surface area contributed by atoms with Gasteiger partial charge in [0.15, 0.2) is 17.5 Å². The van der Waals surface area contributed by atoms with Crippen molar-refractivity contribution in [3.63, 3.8) is 0 Å². The van der Waals surface area contributed by atoms with Gasteiger partial charge in [-0.1, -0.05) is 158 Å². The molecule has 7 aromatic carbocycles. The molecular formula is C49H33N5O. The SMILES string of the molecule is C1=C(c2ccc(-c3ccccc3)cc2)N=C(c2cccc(-c3nc(-c4ccccc4)nc(-c4ccc5c(c4)oc4ccccc45)n3)c2)NC1c1ccccc1. The molecule has 1 atom stereocenters. The molecule has 0 saturated heterocycles. The Hall–Kier alpha value is -7.44. The summed E-state index contributed by atoms with van der Waals surface area (Å²) in [5.41, 5.74) is 10.6. The third-order valence-corrected chi connectivity index (χ3v) is 9.99. The van der Waals surface area contributed by atoms with Crippen molar-refractivity contribution in [3.8, 4) is 45.3 Å². The van der Waals surface area contributed by atoms with Crippen molar-refractivity contribution in [1.29, 1.82) is 0 Å². The number of aliphatic imine (C=N–C) groups is 1. The second-order valence-electron chi connectivity index (χ2n) is 13.6. The van der Waals surface area contributed by atoms with Crippen LogP contribution in [0.1, 0.15) is 22.7 Å². The topological polar surface area (TPSA) is 76.2 Å². The molecule has 1 aliphatic rings. The summed E-state index contributed by atoms with van der Waals surface area (Å²) in [6.07, 6.45) is 2.20. The highest BCUT2D eigenvalue weighted by atomic mass is 16.3. The first-order valence-corrected chi connectivity index (χ1v) is 18.3. The molecule has 1 unspecified atom stereocenters. The van der Waals surface area contributed by atoms with Crippen LogP contribution in [-0.4, -0.2) is 20.8 Å². The lowest BCUT2D eigenvalue weighted by Crippen LogP contribution is -2.31. The molecule has 6 heteroatoms. The summed E-state index contributed by atoms with van der Waals surface area (Å²) in [7, 11) is 0. The Bertz CT molecular complexity index is 2880. The zero-order chi connectivity index (χ0) is 36.6. The van der Waals surface area contributed by atoms with Gasteiger partial charge in [0.2, 0.25) is 0 Å². The number of furan rings is 1. The number of amidine groups is 1. The number of benzene rings is 7. The van der Waals surface area contributed by atoms with E-state index in [1.165, 1.54) is 11.1 Å². The molecule has 0 aliphatic carbocycles. The molecule has 10 rings (SSSR count). The number of rotatable bonds is 7. The summed E-state index contributed by atoms with van der Waals surface area (Å²) in [5, 5.41) is 5.85. The molecule has 3 heterocycles. The Morgan fingerprint density at radius 1 is 0.400 bits per heavy atom. The zero-order valence-electron chi connectivity index (χ0n) is 29.7. The minimum absolute atomic E-state index is 0.0808. The van der Waals surface area contributed by atoms with Gasteiger partial charge in [-0.15, -0.1) is 0 Å². The van der Waals surface area contributed by atoms with E-state index in [0.717, 1.165) is 66.9 Å². The van der Waals surface area contributed by atoms with Crippen molar-refractivity contribution in [1.82, 2.24) is 20.3 Å². The van der Waals surface area contributed by atoms with Crippen molar-refractivity contribution in [2.24, 2.45) is 4.99 Å². The maximum atomic E-state index is 6.24. The fourth-order valence-electron chi connectivity index (χ4n) is 7.17. The van der Waals surface area contributed by atoms with Gasteiger partial charge in [-0.05, 0) is 52.6 Å². The number of hydrogen-bond acceptors (Lipinski definition) is 6. The van der Waals surface area contributed by atoms with E-state index in [1.54, 1.807) is 0 Å². The maximum absolute atomic E-state index is 6.24. The van der Waals surface area contributed by atoms with Gasteiger partial charge in [-0.3, -0.25) is 0 Å². The normalized spacial score (nSPS) is 14.0. The average Bonchev–Trinajstić information content (AvgIpc) is 3.65. The molecule has 2 aromatic heterocycles. The van der Waals surface area contributed by atoms with Crippen molar-refractivity contribution in [2.75, 3.05) is 0 Å². The lowest BCUT2D eigenvalue weighted by Gasteiger charge is -2.24. The van der Waals surface area contributed by atoms with Crippen LogP contribution < -0.4 is 5.32 Å². The third-order valence-electron chi connectivity index (χ3n) is 9.99. The summed E-state index contributed by atoms with van der Waals surface area (Å²) in [6, 6.07) is 62.0. The average molecular weight is 708 g/mol. The largest absolute Gasteiger partial charge is 0.456 e. The van der Waals surface area contributed by atoms with Crippen LogP contribution in [0, 0.1) is 0 Å². The zero-order valence-corrected chi connectivity index (χ0v) is 29.7. The molecule has 0 saturated carbocycles. The monoisotopic (exact) mass is 707 g/mol.